The van der Waals surface area contributed by atoms with E-state index in [9.17, 15) is 9.59 Å². The van der Waals surface area contributed by atoms with Crippen molar-refractivity contribution in [2.45, 2.75) is 72.5 Å². The molecule has 2 rings (SSSR count). The highest BCUT2D eigenvalue weighted by molar-refractivity contribution is 9.10. The molecule has 2 amide bonds. The summed E-state index contributed by atoms with van der Waals surface area (Å²) in [6, 6.07) is 13.2. The minimum Gasteiger partial charge on any atom is -0.483 e. The van der Waals surface area contributed by atoms with Crippen LogP contribution < -0.4 is 10.1 Å². The number of ether oxygens (including phenoxy) is 1. The summed E-state index contributed by atoms with van der Waals surface area (Å²) in [7, 11) is 0. The second-order valence-corrected chi connectivity index (χ2v) is 9.43. The van der Waals surface area contributed by atoms with E-state index in [1.807, 2.05) is 63.2 Å². The van der Waals surface area contributed by atoms with E-state index in [4.69, 9.17) is 4.74 Å². The molecule has 0 aromatic heterocycles. The van der Waals surface area contributed by atoms with Gasteiger partial charge in [-0.05, 0) is 77.9 Å². The molecule has 6 heteroatoms. The van der Waals surface area contributed by atoms with Gasteiger partial charge in [0.25, 0.3) is 5.91 Å². The molecule has 0 heterocycles. The van der Waals surface area contributed by atoms with E-state index in [1.54, 1.807) is 11.8 Å². The van der Waals surface area contributed by atoms with Crippen LogP contribution in [0.15, 0.2) is 46.9 Å². The normalized spacial score (nSPS) is 12.9. The molecular weight excluding hydrogens is 468 g/mol. The first-order valence-corrected chi connectivity index (χ1v) is 12.0. The molecule has 0 saturated heterocycles. The monoisotopic (exact) mass is 502 g/mol. The highest BCUT2D eigenvalue weighted by Crippen LogP contribution is 2.29. The number of benzene rings is 2. The fourth-order valence-corrected chi connectivity index (χ4v) is 3.75. The van der Waals surface area contributed by atoms with Crippen molar-refractivity contribution in [3.63, 3.8) is 0 Å². The molecule has 5 nitrogen and oxygen atoms in total. The second kappa shape index (κ2) is 12.0. The summed E-state index contributed by atoms with van der Waals surface area (Å²) in [5.41, 5.74) is 3.27. The molecule has 2 atom stereocenters. The average Bonchev–Trinajstić information content (AvgIpc) is 2.76. The lowest BCUT2D eigenvalue weighted by Gasteiger charge is -2.30. The maximum atomic E-state index is 13.2. The third-order valence-electron chi connectivity index (χ3n) is 5.74. The van der Waals surface area contributed by atoms with E-state index >= 15 is 0 Å². The molecule has 0 radical (unpaired) electrons. The van der Waals surface area contributed by atoms with Crippen LogP contribution in [0.25, 0.3) is 0 Å². The minimum atomic E-state index is -0.619. The zero-order chi connectivity index (χ0) is 23.8. The number of carbonyl (C=O) groups is 2. The van der Waals surface area contributed by atoms with Crippen molar-refractivity contribution in [3.05, 3.63) is 63.6 Å². The fraction of sp³-hybridized carbons (Fsp3) is 0.462. The molecule has 0 fully saturated rings. The van der Waals surface area contributed by atoms with Crippen molar-refractivity contribution >= 4 is 27.7 Å². The molecule has 0 spiro atoms. The number of rotatable bonds is 10. The molecule has 0 saturated carbocycles. The maximum absolute atomic E-state index is 13.2. The summed E-state index contributed by atoms with van der Waals surface area (Å²) in [6.45, 7) is 12.2. The molecule has 2 aromatic carbocycles. The van der Waals surface area contributed by atoms with Gasteiger partial charge in [-0.2, -0.15) is 0 Å². The third-order valence-corrected chi connectivity index (χ3v) is 6.36. The molecule has 0 aliphatic rings. The van der Waals surface area contributed by atoms with Crippen LogP contribution in [0.2, 0.25) is 0 Å². The molecule has 0 aliphatic carbocycles. The Balaban J connectivity index is 2.19. The van der Waals surface area contributed by atoms with E-state index in [0.717, 1.165) is 22.0 Å². The van der Waals surface area contributed by atoms with Gasteiger partial charge in [-0.25, -0.2) is 0 Å². The van der Waals surface area contributed by atoms with Gasteiger partial charge in [-0.1, -0.05) is 51.1 Å². The lowest BCUT2D eigenvalue weighted by molar-refractivity contribution is -0.142. The van der Waals surface area contributed by atoms with Crippen molar-refractivity contribution in [1.29, 1.82) is 0 Å². The number of halogens is 1. The van der Waals surface area contributed by atoms with E-state index in [0.29, 0.717) is 18.2 Å². The topological polar surface area (TPSA) is 58.6 Å². The first-order chi connectivity index (χ1) is 15.1. The van der Waals surface area contributed by atoms with Crippen LogP contribution in [0, 0.1) is 6.92 Å². The van der Waals surface area contributed by atoms with Crippen LogP contribution in [0.4, 0.5) is 0 Å². The zero-order valence-electron chi connectivity index (χ0n) is 19.9. The van der Waals surface area contributed by atoms with Gasteiger partial charge in [-0.15, -0.1) is 0 Å². The standard InChI is InChI=1S/C26H35BrN2O3/c1-7-19(5)28-26(31)20(6)29(15-22-11-9-8-10-18(22)4)25(30)16-32-24-13-12-21(17(2)3)14-23(24)27/h8-14,17,19-20H,7,15-16H2,1-6H3,(H,28,31). The Bertz CT molecular complexity index is 929. The molecule has 0 aliphatic heterocycles. The molecule has 32 heavy (non-hydrogen) atoms. The Morgan fingerprint density at radius 1 is 1.09 bits per heavy atom. The number of nitrogens with one attached hydrogen (secondary N) is 1. The molecular formula is C26H35BrN2O3. The smallest absolute Gasteiger partial charge is 0.261 e. The summed E-state index contributed by atoms with van der Waals surface area (Å²) in [5, 5.41) is 2.98. The summed E-state index contributed by atoms with van der Waals surface area (Å²) in [5.74, 6) is 0.607. The van der Waals surface area contributed by atoms with Crippen molar-refractivity contribution in [1.82, 2.24) is 10.2 Å². The first kappa shape index (κ1) is 25.9. The van der Waals surface area contributed by atoms with Gasteiger partial charge in [0.15, 0.2) is 6.61 Å². The predicted molar refractivity (Wildman–Crippen MR) is 133 cm³/mol. The highest BCUT2D eigenvalue weighted by atomic mass is 79.9. The third kappa shape index (κ3) is 7.09. The van der Waals surface area contributed by atoms with Crippen LogP contribution >= 0.6 is 15.9 Å². The van der Waals surface area contributed by atoms with Crippen LogP contribution in [0.1, 0.15) is 63.6 Å². The molecule has 174 valence electrons. The van der Waals surface area contributed by atoms with Gasteiger partial charge in [0, 0.05) is 12.6 Å². The van der Waals surface area contributed by atoms with Crippen LogP contribution in [-0.4, -0.2) is 35.4 Å². The Morgan fingerprint density at radius 2 is 1.78 bits per heavy atom. The molecule has 0 bridgehead atoms. The summed E-state index contributed by atoms with van der Waals surface area (Å²) in [4.78, 5) is 27.6. The Labute approximate surface area is 200 Å². The number of hydrogen-bond acceptors (Lipinski definition) is 3. The average molecular weight is 503 g/mol. The number of carbonyl (C=O) groups excluding carboxylic acids is 2. The Morgan fingerprint density at radius 3 is 2.38 bits per heavy atom. The van der Waals surface area contributed by atoms with E-state index in [-0.39, 0.29) is 24.5 Å². The largest absolute Gasteiger partial charge is 0.483 e. The highest BCUT2D eigenvalue weighted by Gasteiger charge is 2.27. The maximum Gasteiger partial charge on any atom is 0.261 e. The number of amides is 2. The van der Waals surface area contributed by atoms with E-state index in [2.05, 4.69) is 35.1 Å². The van der Waals surface area contributed by atoms with Gasteiger partial charge in [0.1, 0.15) is 11.8 Å². The van der Waals surface area contributed by atoms with Crippen molar-refractivity contribution in [2.75, 3.05) is 6.61 Å². The van der Waals surface area contributed by atoms with Gasteiger partial charge in [-0.3, -0.25) is 9.59 Å². The number of nitrogens with zero attached hydrogens (tertiary/aromatic N) is 1. The van der Waals surface area contributed by atoms with Crippen LogP contribution in [0.5, 0.6) is 5.75 Å². The van der Waals surface area contributed by atoms with Gasteiger partial charge < -0.3 is 15.0 Å². The summed E-state index contributed by atoms with van der Waals surface area (Å²) in [6.07, 6.45) is 0.827. The van der Waals surface area contributed by atoms with Crippen LogP contribution in [0.3, 0.4) is 0 Å². The zero-order valence-corrected chi connectivity index (χ0v) is 21.5. The van der Waals surface area contributed by atoms with Gasteiger partial charge >= 0.3 is 0 Å². The lowest BCUT2D eigenvalue weighted by Crippen LogP contribution is -2.50. The van der Waals surface area contributed by atoms with E-state index in [1.165, 1.54) is 5.56 Å². The second-order valence-electron chi connectivity index (χ2n) is 8.58. The molecule has 2 aromatic rings. The SMILES string of the molecule is CCC(C)NC(=O)C(C)N(Cc1ccccc1C)C(=O)COc1ccc(C(C)C)cc1Br. The quantitative estimate of drug-likeness (QED) is 0.460. The summed E-state index contributed by atoms with van der Waals surface area (Å²) >= 11 is 3.54. The van der Waals surface area contributed by atoms with Crippen molar-refractivity contribution in [3.8, 4) is 5.75 Å². The van der Waals surface area contributed by atoms with E-state index < -0.39 is 6.04 Å². The van der Waals surface area contributed by atoms with Gasteiger partial charge in [0.2, 0.25) is 5.91 Å². The summed E-state index contributed by atoms with van der Waals surface area (Å²) < 4.78 is 6.65. The fourth-order valence-electron chi connectivity index (χ4n) is 3.23. The Kier molecular flexibility index (Phi) is 9.76. The van der Waals surface area contributed by atoms with Crippen LogP contribution in [-0.2, 0) is 16.1 Å². The Hall–Kier alpha value is -2.34. The van der Waals surface area contributed by atoms with Gasteiger partial charge in [0.05, 0.1) is 4.47 Å². The number of hydrogen-bond donors (Lipinski definition) is 1. The first-order valence-electron chi connectivity index (χ1n) is 11.2. The molecule has 1 N–H and O–H groups in total. The minimum absolute atomic E-state index is 0.0482. The van der Waals surface area contributed by atoms with Crippen molar-refractivity contribution in [2.24, 2.45) is 0 Å². The predicted octanol–water partition coefficient (Wildman–Crippen LogP) is 5.59. The number of aryl methyl sites for hydroxylation is 1. The molecule has 2 unspecified atom stereocenters. The lowest BCUT2D eigenvalue weighted by atomic mass is 10.0. The van der Waals surface area contributed by atoms with Crippen molar-refractivity contribution < 1.29 is 14.3 Å².